The van der Waals surface area contributed by atoms with E-state index in [0.717, 1.165) is 61.0 Å². The number of ether oxygens (including phenoxy) is 2. The summed E-state index contributed by atoms with van der Waals surface area (Å²) < 4.78 is 17.0. The molecule has 10 nitrogen and oxygen atoms in total. The zero-order valence-electron chi connectivity index (χ0n) is 20.5. The van der Waals surface area contributed by atoms with Crippen LogP contribution in [0.5, 0.6) is 11.5 Å². The van der Waals surface area contributed by atoms with Crippen LogP contribution in [-0.4, -0.2) is 71.8 Å². The maximum absolute atomic E-state index is 10.7. The number of aldehydes is 1. The molecule has 0 bridgehead atoms. The third-order valence-electron chi connectivity index (χ3n) is 5.95. The zero-order valence-corrected chi connectivity index (χ0v) is 20.5. The van der Waals surface area contributed by atoms with E-state index in [1.165, 1.54) is 0 Å². The first kappa shape index (κ1) is 27.4. The smallest absolute Gasteiger partial charge is 0.328 e. The van der Waals surface area contributed by atoms with Crippen LogP contribution < -0.4 is 9.47 Å². The first-order valence-corrected chi connectivity index (χ1v) is 11.8. The second-order valence-electron chi connectivity index (χ2n) is 8.39. The van der Waals surface area contributed by atoms with Gasteiger partial charge in [0.1, 0.15) is 24.2 Å². The van der Waals surface area contributed by atoms with Crippen LogP contribution in [0.25, 0.3) is 10.9 Å². The number of hydrogen-bond acceptors (Lipinski definition) is 8. The molecular formula is C27H30N2O8. The van der Waals surface area contributed by atoms with Crippen molar-refractivity contribution in [3.63, 3.8) is 0 Å². The van der Waals surface area contributed by atoms with Crippen LogP contribution in [0.1, 0.15) is 30.1 Å². The van der Waals surface area contributed by atoms with Gasteiger partial charge in [-0.1, -0.05) is 23.4 Å². The standard InChI is InChI=1S/C23H26N2O4.C4H4O4/c1-27-22-16-17(10-14-26)6-7-21(22)28-15-13-25-11-8-18(9-12-25)23-19-4-2-3-5-20(19)24-29-23;5-3(6)1-2-4(7)8/h2-7,14,16,18H,8-13,15H2,1H3;1-2H,(H,5,6)(H,7,8)/b;2-1+. The third kappa shape index (κ3) is 8.18. The van der Waals surface area contributed by atoms with Gasteiger partial charge in [-0.05, 0) is 55.8 Å². The Morgan fingerprint density at radius 3 is 2.43 bits per heavy atom. The summed E-state index contributed by atoms with van der Waals surface area (Å²) in [5.41, 5.74) is 1.86. The fraction of sp³-hybridized carbons (Fsp3) is 0.333. The predicted octanol–water partition coefficient (Wildman–Crippen LogP) is 3.55. The van der Waals surface area contributed by atoms with Crippen molar-refractivity contribution >= 4 is 29.1 Å². The number of aromatic nitrogens is 1. The van der Waals surface area contributed by atoms with Gasteiger partial charge in [0.2, 0.25) is 0 Å². The lowest BCUT2D eigenvalue weighted by Gasteiger charge is -2.30. The SMILES string of the molecule is COc1cc(CC=O)ccc1OCCN1CCC(c2onc3ccccc23)CC1.O=C(O)/C=C/C(=O)O. The Morgan fingerprint density at radius 2 is 1.78 bits per heavy atom. The molecule has 196 valence electrons. The molecule has 0 saturated carbocycles. The summed E-state index contributed by atoms with van der Waals surface area (Å²) in [6, 6.07) is 13.7. The minimum atomic E-state index is -1.26. The minimum absolute atomic E-state index is 0.381. The van der Waals surface area contributed by atoms with Crippen molar-refractivity contribution in [1.82, 2.24) is 10.1 Å². The van der Waals surface area contributed by atoms with E-state index in [2.05, 4.69) is 16.1 Å². The number of carbonyl (C=O) groups is 3. The molecule has 1 saturated heterocycles. The van der Waals surface area contributed by atoms with Crippen LogP contribution in [0.4, 0.5) is 0 Å². The number of carboxylic acids is 2. The molecular weight excluding hydrogens is 480 g/mol. The highest BCUT2D eigenvalue weighted by atomic mass is 16.5. The molecule has 1 fully saturated rings. The summed E-state index contributed by atoms with van der Waals surface area (Å²) in [4.78, 5) is 32.2. The molecule has 1 aromatic heterocycles. The van der Waals surface area contributed by atoms with E-state index in [1.807, 2.05) is 36.4 Å². The first-order chi connectivity index (χ1) is 17.9. The van der Waals surface area contributed by atoms with E-state index >= 15 is 0 Å². The van der Waals surface area contributed by atoms with Crippen molar-refractivity contribution in [1.29, 1.82) is 0 Å². The molecule has 37 heavy (non-hydrogen) atoms. The highest BCUT2D eigenvalue weighted by molar-refractivity contribution is 5.89. The molecule has 0 spiro atoms. The van der Waals surface area contributed by atoms with E-state index in [-0.39, 0.29) is 0 Å². The maximum Gasteiger partial charge on any atom is 0.328 e. The lowest BCUT2D eigenvalue weighted by Crippen LogP contribution is -2.35. The van der Waals surface area contributed by atoms with Gasteiger partial charge in [0, 0.05) is 36.4 Å². The lowest BCUT2D eigenvalue weighted by molar-refractivity contribution is -0.134. The van der Waals surface area contributed by atoms with Crippen LogP contribution in [0, 0.1) is 0 Å². The van der Waals surface area contributed by atoms with Crippen molar-refractivity contribution in [3.05, 3.63) is 65.9 Å². The van der Waals surface area contributed by atoms with Gasteiger partial charge in [-0.15, -0.1) is 0 Å². The normalized spacial score (nSPS) is 14.2. The average Bonchev–Trinajstić information content (AvgIpc) is 3.33. The molecule has 2 N–H and O–H groups in total. The van der Waals surface area contributed by atoms with Gasteiger partial charge < -0.3 is 29.0 Å². The minimum Gasteiger partial charge on any atom is -0.493 e. The fourth-order valence-electron chi connectivity index (χ4n) is 4.10. The Bertz CT molecular complexity index is 1210. The Kier molecular flexibility index (Phi) is 10.2. The van der Waals surface area contributed by atoms with Crippen molar-refractivity contribution in [2.75, 3.05) is 33.4 Å². The maximum atomic E-state index is 10.7. The molecule has 2 aromatic carbocycles. The first-order valence-electron chi connectivity index (χ1n) is 11.8. The summed E-state index contributed by atoms with van der Waals surface area (Å²) in [5.74, 6) is 0.312. The van der Waals surface area contributed by atoms with Gasteiger partial charge >= 0.3 is 11.9 Å². The molecule has 1 aliphatic rings. The molecule has 0 radical (unpaired) electrons. The van der Waals surface area contributed by atoms with Crippen LogP contribution in [0.3, 0.4) is 0 Å². The van der Waals surface area contributed by atoms with Gasteiger partial charge in [0.15, 0.2) is 11.5 Å². The van der Waals surface area contributed by atoms with Gasteiger partial charge in [-0.2, -0.15) is 0 Å². The topological polar surface area (TPSA) is 139 Å². The summed E-state index contributed by atoms with van der Waals surface area (Å²) in [7, 11) is 1.62. The molecule has 0 atom stereocenters. The van der Waals surface area contributed by atoms with E-state index in [1.54, 1.807) is 7.11 Å². The molecule has 0 amide bonds. The number of benzene rings is 2. The number of fused-ring (bicyclic) bond motifs is 1. The van der Waals surface area contributed by atoms with Crippen LogP contribution >= 0.6 is 0 Å². The fourth-order valence-corrected chi connectivity index (χ4v) is 4.10. The molecule has 2 heterocycles. The summed E-state index contributed by atoms with van der Waals surface area (Å²) in [5, 5.41) is 21.0. The lowest BCUT2D eigenvalue weighted by atomic mass is 9.92. The largest absolute Gasteiger partial charge is 0.493 e. The summed E-state index contributed by atoms with van der Waals surface area (Å²) in [6.45, 7) is 3.49. The van der Waals surface area contributed by atoms with Crippen molar-refractivity contribution in [3.8, 4) is 11.5 Å². The molecule has 10 heteroatoms. The molecule has 1 aliphatic heterocycles. The van der Waals surface area contributed by atoms with Gasteiger partial charge in [-0.25, -0.2) is 9.59 Å². The van der Waals surface area contributed by atoms with E-state index in [4.69, 9.17) is 24.2 Å². The number of rotatable bonds is 10. The number of nitrogens with zero attached hydrogens (tertiary/aromatic N) is 2. The molecule has 3 aromatic rings. The van der Waals surface area contributed by atoms with Crippen molar-refractivity contribution < 1.29 is 38.6 Å². The summed E-state index contributed by atoms with van der Waals surface area (Å²) >= 11 is 0. The quantitative estimate of drug-likeness (QED) is 0.307. The third-order valence-corrected chi connectivity index (χ3v) is 5.95. The molecule has 0 aliphatic carbocycles. The number of methoxy groups -OCH3 is 1. The Morgan fingerprint density at radius 1 is 1.08 bits per heavy atom. The highest BCUT2D eigenvalue weighted by Gasteiger charge is 2.25. The second-order valence-corrected chi connectivity index (χ2v) is 8.39. The van der Waals surface area contributed by atoms with Gasteiger partial charge in [0.05, 0.1) is 7.11 Å². The number of aliphatic carboxylic acids is 2. The van der Waals surface area contributed by atoms with E-state index < -0.39 is 11.9 Å². The van der Waals surface area contributed by atoms with Crippen molar-refractivity contribution in [2.24, 2.45) is 0 Å². The second kappa shape index (κ2) is 13.8. The summed E-state index contributed by atoms with van der Waals surface area (Å²) in [6.07, 6.45) is 4.50. The van der Waals surface area contributed by atoms with Gasteiger partial charge in [0.25, 0.3) is 0 Å². The molecule has 0 unspecified atom stereocenters. The number of piperidine rings is 1. The van der Waals surface area contributed by atoms with Crippen molar-refractivity contribution in [2.45, 2.75) is 25.2 Å². The average molecular weight is 511 g/mol. The number of carbonyl (C=O) groups excluding carboxylic acids is 1. The van der Waals surface area contributed by atoms with Crippen LogP contribution in [-0.2, 0) is 20.8 Å². The van der Waals surface area contributed by atoms with Gasteiger partial charge in [-0.3, -0.25) is 4.90 Å². The monoisotopic (exact) mass is 510 g/mol. The number of likely N-dealkylation sites (tertiary alicyclic amines) is 1. The van der Waals surface area contributed by atoms with Crippen LogP contribution in [0.2, 0.25) is 0 Å². The molecule has 4 rings (SSSR count). The van der Waals surface area contributed by atoms with E-state index in [9.17, 15) is 14.4 Å². The number of carboxylic acid groups (broad SMARTS) is 2. The Balaban J connectivity index is 0.000000414. The Labute approximate surface area is 214 Å². The number of hydrogen-bond donors (Lipinski definition) is 2. The van der Waals surface area contributed by atoms with Crippen LogP contribution in [0.15, 0.2) is 59.1 Å². The predicted molar refractivity (Wildman–Crippen MR) is 135 cm³/mol. The Hall–Kier alpha value is -4.18. The zero-order chi connectivity index (χ0) is 26.6. The highest BCUT2D eigenvalue weighted by Crippen LogP contribution is 2.33. The van der Waals surface area contributed by atoms with E-state index in [0.29, 0.717) is 42.6 Å².